The van der Waals surface area contributed by atoms with Crippen molar-refractivity contribution in [3.05, 3.63) is 139 Å². The van der Waals surface area contributed by atoms with E-state index in [9.17, 15) is 0 Å². The Morgan fingerprint density at radius 1 is 0.478 bits per heavy atom. The number of imidazole rings is 2. The molecule has 0 bridgehead atoms. The maximum absolute atomic E-state index is 5.05. The van der Waals surface area contributed by atoms with Crippen LogP contribution in [0, 0.1) is 0 Å². The van der Waals surface area contributed by atoms with Crippen LogP contribution in [0.3, 0.4) is 0 Å². The van der Waals surface area contributed by atoms with Gasteiger partial charge in [-0.3, -0.25) is 0 Å². The smallest absolute Gasteiger partial charge is 0.140 e. The van der Waals surface area contributed by atoms with Crippen LogP contribution in [-0.2, 0) is 20.5 Å². The standard InChI is InChI=1S/C41H29N5/c1-44-36-16-7-5-14-34(36)42-40(44)26-11-9-12-29(21-26)46-38-22-27(41-43-35-15-6-8-17-37(35)45(41)2)18-19-31(38)33-24-32-28(23-39(33)46)20-25-10-3-4-13-30(25)32/h3-19,21-24H,20H2,1-2H3. The van der Waals surface area contributed by atoms with Gasteiger partial charge in [-0.05, 0) is 83.3 Å². The van der Waals surface area contributed by atoms with Gasteiger partial charge >= 0.3 is 0 Å². The van der Waals surface area contributed by atoms with Crippen LogP contribution in [0.1, 0.15) is 11.1 Å². The average molecular weight is 592 g/mol. The van der Waals surface area contributed by atoms with Crippen LogP contribution in [0.15, 0.2) is 127 Å². The van der Waals surface area contributed by atoms with Gasteiger partial charge in [-0.1, -0.05) is 72.8 Å². The summed E-state index contributed by atoms with van der Waals surface area (Å²) in [4.78, 5) is 10.1. The van der Waals surface area contributed by atoms with E-state index >= 15 is 0 Å². The lowest BCUT2D eigenvalue weighted by Gasteiger charge is -2.12. The first-order valence-electron chi connectivity index (χ1n) is 15.8. The maximum atomic E-state index is 5.05. The summed E-state index contributed by atoms with van der Waals surface area (Å²) < 4.78 is 6.82. The molecular weight excluding hydrogens is 562 g/mol. The van der Waals surface area contributed by atoms with Gasteiger partial charge in [-0.2, -0.15) is 0 Å². The van der Waals surface area contributed by atoms with Crippen molar-refractivity contribution in [3.63, 3.8) is 0 Å². The van der Waals surface area contributed by atoms with E-state index in [0.717, 1.165) is 57.0 Å². The number of hydrogen-bond donors (Lipinski definition) is 0. The summed E-state index contributed by atoms with van der Waals surface area (Å²) in [6.45, 7) is 0. The predicted molar refractivity (Wildman–Crippen MR) is 188 cm³/mol. The molecule has 9 aromatic rings. The van der Waals surface area contributed by atoms with Crippen LogP contribution in [0.4, 0.5) is 0 Å². The fourth-order valence-corrected chi connectivity index (χ4v) is 7.65. The number of aromatic nitrogens is 5. The Hall–Kier alpha value is -5.94. The predicted octanol–water partition coefficient (Wildman–Crippen LogP) is 9.46. The van der Waals surface area contributed by atoms with Gasteiger partial charge in [0.1, 0.15) is 11.6 Å². The van der Waals surface area contributed by atoms with Gasteiger partial charge in [0.2, 0.25) is 0 Å². The third kappa shape index (κ3) is 3.51. The first-order chi connectivity index (χ1) is 22.6. The van der Waals surface area contributed by atoms with Gasteiger partial charge in [-0.25, -0.2) is 9.97 Å². The zero-order valence-electron chi connectivity index (χ0n) is 25.6. The summed E-state index contributed by atoms with van der Waals surface area (Å²) in [5.74, 6) is 1.92. The lowest BCUT2D eigenvalue weighted by molar-refractivity contribution is 0.958. The molecule has 46 heavy (non-hydrogen) atoms. The second-order valence-corrected chi connectivity index (χ2v) is 12.4. The van der Waals surface area contributed by atoms with Crippen molar-refractivity contribution in [1.29, 1.82) is 0 Å². The molecule has 0 aliphatic heterocycles. The second kappa shape index (κ2) is 9.29. The summed E-state index contributed by atoms with van der Waals surface area (Å²) in [7, 11) is 4.20. The van der Waals surface area contributed by atoms with E-state index in [0.29, 0.717) is 0 Å². The maximum Gasteiger partial charge on any atom is 0.140 e. The SMILES string of the molecule is Cn1c(-c2cccc(-n3c4cc(-c5nc6ccccc6n5C)ccc4c4cc5c(cc43)Cc3ccccc3-5)c2)nc2ccccc21. The van der Waals surface area contributed by atoms with Gasteiger partial charge < -0.3 is 13.7 Å². The number of fused-ring (bicyclic) bond motifs is 8. The van der Waals surface area contributed by atoms with E-state index in [1.807, 2.05) is 6.07 Å². The van der Waals surface area contributed by atoms with E-state index in [4.69, 9.17) is 9.97 Å². The monoisotopic (exact) mass is 591 g/mol. The van der Waals surface area contributed by atoms with E-state index < -0.39 is 0 Å². The van der Waals surface area contributed by atoms with Crippen LogP contribution in [-0.4, -0.2) is 23.7 Å². The zero-order valence-corrected chi connectivity index (χ0v) is 25.6. The summed E-state index contributed by atoms with van der Waals surface area (Å²) in [5.41, 5.74) is 15.4. The molecule has 0 spiro atoms. The molecule has 218 valence electrons. The van der Waals surface area contributed by atoms with E-state index in [2.05, 4.69) is 149 Å². The Balaban J connectivity index is 1.24. The fourth-order valence-electron chi connectivity index (χ4n) is 7.65. The van der Waals surface area contributed by atoms with Crippen molar-refractivity contribution in [2.45, 2.75) is 6.42 Å². The highest BCUT2D eigenvalue weighted by Gasteiger charge is 2.23. The number of rotatable bonds is 3. The fraction of sp³-hybridized carbons (Fsp3) is 0.0732. The summed E-state index contributed by atoms with van der Waals surface area (Å²) in [6, 6.07) is 46.0. The third-order valence-electron chi connectivity index (χ3n) is 9.87. The van der Waals surface area contributed by atoms with Gasteiger partial charge in [0.25, 0.3) is 0 Å². The van der Waals surface area contributed by atoms with E-state index in [1.165, 1.54) is 44.1 Å². The molecule has 1 aliphatic carbocycles. The molecule has 3 heterocycles. The van der Waals surface area contributed by atoms with Crippen LogP contribution in [0.5, 0.6) is 0 Å². The molecule has 0 N–H and O–H groups in total. The molecule has 3 aromatic heterocycles. The van der Waals surface area contributed by atoms with Crippen molar-refractivity contribution in [2.24, 2.45) is 14.1 Å². The van der Waals surface area contributed by atoms with Crippen LogP contribution >= 0.6 is 0 Å². The minimum atomic E-state index is 0.952. The van der Waals surface area contributed by atoms with Gasteiger partial charge in [0, 0.05) is 41.7 Å². The number of benzene rings is 6. The summed E-state index contributed by atoms with van der Waals surface area (Å²) in [6.07, 6.45) is 0.952. The molecule has 5 heteroatoms. The molecule has 6 aromatic carbocycles. The van der Waals surface area contributed by atoms with Crippen LogP contribution in [0.2, 0.25) is 0 Å². The summed E-state index contributed by atoms with van der Waals surface area (Å²) >= 11 is 0. The van der Waals surface area contributed by atoms with Crippen molar-refractivity contribution < 1.29 is 0 Å². The van der Waals surface area contributed by atoms with Crippen LogP contribution in [0.25, 0.3) is 83.5 Å². The Bertz CT molecular complexity index is 2700. The second-order valence-electron chi connectivity index (χ2n) is 12.4. The molecule has 0 fully saturated rings. The van der Waals surface area contributed by atoms with Crippen molar-refractivity contribution >= 4 is 43.9 Å². The molecule has 5 nitrogen and oxygen atoms in total. The highest BCUT2D eigenvalue weighted by Crippen LogP contribution is 2.43. The van der Waals surface area contributed by atoms with E-state index in [1.54, 1.807) is 0 Å². The highest BCUT2D eigenvalue weighted by molar-refractivity contribution is 6.12. The Kier molecular flexibility index (Phi) is 5.13. The third-order valence-corrected chi connectivity index (χ3v) is 9.87. The number of hydrogen-bond acceptors (Lipinski definition) is 2. The molecule has 0 atom stereocenters. The van der Waals surface area contributed by atoms with Gasteiger partial charge in [0.15, 0.2) is 0 Å². The summed E-state index contributed by atoms with van der Waals surface area (Å²) in [5, 5.41) is 2.49. The lowest BCUT2D eigenvalue weighted by Crippen LogP contribution is -1.98. The molecular formula is C41H29N5. The van der Waals surface area contributed by atoms with Crippen molar-refractivity contribution in [2.75, 3.05) is 0 Å². The van der Waals surface area contributed by atoms with Crippen molar-refractivity contribution in [1.82, 2.24) is 23.7 Å². The van der Waals surface area contributed by atoms with Crippen molar-refractivity contribution in [3.8, 4) is 39.6 Å². The normalized spacial score (nSPS) is 12.5. The molecule has 0 amide bonds. The lowest BCUT2D eigenvalue weighted by atomic mass is 10.0. The number of aryl methyl sites for hydroxylation is 2. The largest absolute Gasteiger partial charge is 0.327 e. The van der Waals surface area contributed by atoms with Gasteiger partial charge in [0.05, 0.1) is 33.1 Å². The molecule has 1 aliphatic rings. The number of para-hydroxylation sites is 4. The highest BCUT2D eigenvalue weighted by atomic mass is 15.1. The molecule has 0 saturated carbocycles. The molecule has 0 saturated heterocycles. The van der Waals surface area contributed by atoms with Gasteiger partial charge in [-0.15, -0.1) is 0 Å². The van der Waals surface area contributed by atoms with E-state index in [-0.39, 0.29) is 0 Å². The number of nitrogens with zero attached hydrogens (tertiary/aromatic N) is 5. The minimum absolute atomic E-state index is 0.952. The molecule has 0 radical (unpaired) electrons. The molecule has 10 rings (SSSR count). The Morgan fingerprint density at radius 3 is 1.87 bits per heavy atom. The Morgan fingerprint density at radius 2 is 1.13 bits per heavy atom. The minimum Gasteiger partial charge on any atom is -0.327 e. The first kappa shape index (κ1) is 25.4. The average Bonchev–Trinajstić information content (AvgIpc) is 3.82. The zero-order chi connectivity index (χ0) is 30.5. The first-order valence-corrected chi connectivity index (χ1v) is 15.8. The molecule has 0 unspecified atom stereocenters. The quantitative estimate of drug-likeness (QED) is 0.205. The van der Waals surface area contributed by atoms with Crippen LogP contribution < -0.4 is 0 Å². The topological polar surface area (TPSA) is 40.6 Å². The Labute approximate surface area is 265 Å².